The Morgan fingerprint density at radius 1 is 0.833 bits per heavy atom. The Hall–Kier alpha value is -3.07. The van der Waals surface area contributed by atoms with E-state index in [1.165, 1.54) is 0 Å². The maximum Gasteiger partial charge on any atom is 0.255 e. The minimum Gasteiger partial charge on any atom is -0.456 e. The van der Waals surface area contributed by atoms with Gasteiger partial charge in [0.25, 0.3) is 5.91 Å². The van der Waals surface area contributed by atoms with Crippen molar-refractivity contribution >= 4 is 33.5 Å². The summed E-state index contributed by atoms with van der Waals surface area (Å²) in [4.78, 5) is 12.6. The van der Waals surface area contributed by atoms with Gasteiger partial charge in [0, 0.05) is 22.0 Å². The van der Waals surface area contributed by atoms with Crippen LogP contribution in [0, 0.1) is 13.8 Å². The molecule has 0 fully saturated rings. The number of benzene rings is 3. The quantitative estimate of drug-likeness (QED) is 0.534. The first-order chi connectivity index (χ1) is 11.6. The van der Waals surface area contributed by atoms with Crippen LogP contribution < -0.4 is 5.32 Å². The molecule has 0 saturated heterocycles. The van der Waals surface area contributed by atoms with Crippen LogP contribution in [0.15, 0.2) is 65.1 Å². The van der Waals surface area contributed by atoms with Gasteiger partial charge >= 0.3 is 0 Å². The van der Waals surface area contributed by atoms with Crippen LogP contribution >= 0.6 is 0 Å². The molecule has 0 aliphatic carbocycles. The molecule has 1 amide bonds. The minimum absolute atomic E-state index is 0.118. The number of nitrogens with one attached hydrogen (secondary N) is 1. The van der Waals surface area contributed by atoms with Crippen molar-refractivity contribution in [3.8, 4) is 0 Å². The molecule has 1 N–H and O–H groups in total. The molecular formula is C21H17NO2. The molecule has 3 nitrogen and oxygen atoms in total. The predicted octanol–water partition coefficient (Wildman–Crippen LogP) is 5.46. The number of hydrogen-bond acceptors (Lipinski definition) is 2. The molecule has 3 aromatic carbocycles. The van der Waals surface area contributed by atoms with E-state index in [0.29, 0.717) is 5.56 Å². The normalized spacial score (nSPS) is 11.1. The lowest BCUT2D eigenvalue weighted by molar-refractivity contribution is 0.102. The number of aryl methyl sites for hydroxylation is 2. The molecule has 0 unspecified atom stereocenters. The number of hydrogen-bond donors (Lipinski definition) is 1. The first-order valence-electron chi connectivity index (χ1n) is 7.91. The summed E-state index contributed by atoms with van der Waals surface area (Å²) in [5, 5.41) is 4.95. The molecule has 0 spiro atoms. The fourth-order valence-electron chi connectivity index (χ4n) is 3.12. The summed E-state index contributed by atoms with van der Waals surface area (Å²) in [5.74, 6) is -0.118. The lowest BCUT2D eigenvalue weighted by Gasteiger charge is -2.07. The van der Waals surface area contributed by atoms with Gasteiger partial charge in [0.15, 0.2) is 0 Å². The molecule has 4 rings (SSSR count). The third-order valence-electron chi connectivity index (χ3n) is 4.12. The zero-order chi connectivity index (χ0) is 16.7. The van der Waals surface area contributed by atoms with Crippen molar-refractivity contribution in [3.05, 3.63) is 77.4 Å². The maximum absolute atomic E-state index is 12.6. The van der Waals surface area contributed by atoms with Crippen LogP contribution in [0.3, 0.4) is 0 Å². The van der Waals surface area contributed by atoms with Crippen molar-refractivity contribution in [3.63, 3.8) is 0 Å². The number of carbonyl (C=O) groups excluding carboxylic acids is 1. The van der Waals surface area contributed by atoms with Gasteiger partial charge in [-0.1, -0.05) is 24.3 Å². The summed E-state index contributed by atoms with van der Waals surface area (Å²) in [6.45, 7) is 4.04. The smallest absolute Gasteiger partial charge is 0.255 e. The van der Waals surface area contributed by atoms with Crippen molar-refractivity contribution in [2.75, 3.05) is 5.32 Å². The van der Waals surface area contributed by atoms with Gasteiger partial charge < -0.3 is 9.73 Å². The van der Waals surface area contributed by atoms with Gasteiger partial charge in [-0.25, -0.2) is 0 Å². The van der Waals surface area contributed by atoms with Crippen molar-refractivity contribution in [1.82, 2.24) is 0 Å². The molecule has 0 radical (unpaired) electrons. The van der Waals surface area contributed by atoms with E-state index in [0.717, 1.165) is 38.8 Å². The summed E-state index contributed by atoms with van der Waals surface area (Å²) in [6, 6.07) is 19.4. The highest BCUT2D eigenvalue weighted by atomic mass is 16.3. The zero-order valence-corrected chi connectivity index (χ0v) is 13.6. The van der Waals surface area contributed by atoms with E-state index in [9.17, 15) is 4.79 Å². The van der Waals surface area contributed by atoms with E-state index in [1.54, 1.807) is 6.07 Å². The lowest BCUT2D eigenvalue weighted by atomic mass is 10.1. The molecule has 0 aliphatic heterocycles. The number of carbonyl (C=O) groups is 1. The van der Waals surface area contributed by atoms with Gasteiger partial charge in [0.05, 0.1) is 0 Å². The first-order valence-corrected chi connectivity index (χ1v) is 7.91. The molecule has 1 aromatic heterocycles. The molecular weight excluding hydrogens is 298 g/mol. The van der Waals surface area contributed by atoms with Crippen molar-refractivity contribution in [1.29, 1.82) is 0 Å². The fourth-order valence-corrected chi connectivity index (χ4v) is 3.12. The SMILES string of the molecule is Cc1cc(C)cc(NC(=O)c2ccc3oc4ccccc4c3c2)c1. The van der Waals surface area contributed by atoms with Gasteiger partial charge in [-0.3, -0.25) is 4.79 Å². The van der Waals surface area contributed by atoms with Gasteiger partial charge in [-0.2, -0.15) is 0 Å². The van der Waals surface area contributed by atoms with Crippen LogP contribution in [0.5, 0.6) is 0 Å². The van der Waals surface area contributed by atoms with E-state index in [-0.39, 0.29) is 5.91 Å². The zero-order valence-electron chi connectivity index (χ0n) is 13.6. The molecule has 0 bridgehead atoms. The summed E-state index contributed by atoms with van der Waals surface area (Å²) in [5.41, 5.74) is 5.31. The Labute approximate surface area is 139 Å². The van der Waals surface area contributed by atoms with Crippen molar-refractivity contribution < 1.29 is 9.21 Å². The summed E-state index contributed by atoms with van der Waals surface area (Å²) in [6.07, 6.45) is 0. The van der Waals surface area contributed by atoms with Crippen LogP contribution in [-0.4, -0.2) is 5.91 Å². The number of para-hydroxylation sites is 1. The molecule has 4 aromatic rings. The van der Waals surface area contributed by atoms with Crippen LogP contribution in [0.25, 0.3) is 21.9 Å². The third-order valence-corrected chi connectivity index (χ3v) is 4.12. The largest absolute Gasteiger partial charge is 0.456 e. The number of furan rings is 1. The summed E-state index contributed by atoms with van der Waals surface area (Å²) in [7, 11) is 0. The van der Waals surface area contributed by atoms with E-state index >= 15 is 0 Å². The summed E-state index contributed by atoms with van der Waals surface area (Å²) >= 11 is 0. The molecule has 24 heavy (non-hydrogen) atoms. The van der Waals surface area contributed by atoms with Crippen LogP contribution in [0.2, 0.25) is 0 Å². The molecule has 0 aliphatic rings. The maximum atomic E-state index is 12.6. The Morgan fingerprint density at radius 2 is 1.54 bits per heavy atom. The lowest BCUT2D eigenvalue weighted by Crippen LogP contribution is -2.11. The highest BCUT2D eigenvalue weighted by Gasteiger charge is 2.11. The van der Waals surface area contributed by atoms with Crippen LogP contribution in [0.4, 0.5) is 5.69 Å². The second-order valence-corrected chi connectivity index (χ2v) is 6.14. The highest BCUT2D eigenvalue weighted by Crippen LogP contribution is 2.29. The predicted molar refractivity (Wildman–Crippen MR) is 97.6 cm³/mol. The molecule has 118 valence electrons. The highest BCUT2D eigenvalue weighted by molar-refractivity contribution is 6.10. The Kier molecular flexibility index (Phi) is 3.35. The molecule has 3 heteroatoms. The first kappa shape index (κ1) is 14.5. The number of anilines is 1. The van der Waals surface area contributed by atoms with Crippen LogP contribution in [0.1, 0.15) is 21.5 Å². The second-order valence-electron chi connectivity index (χ2n) is 6.14. The number of fused-ring (bicyclic) bond motifs is 3. The van der Waals surface area contributed by atoms with Gasteiger partial charge in [0.2, 0.25) is 0 Å². The number of amides is 1. The van der Waals surface area contributed by atoms with E-state index in [2.05, 4.69) is 11.4 Å². The molecule has 1 heterocycles. The van der Waals surface area contributed by atoms with E-state index in [1.807, 2.05) is 62.4 Å². The minimum atomic E-state index is -0.118. The van der Waals surface area contributed by atoms with Crippen molar-refractivity contribution in [2.24, 2.45) is 0 Å². The molecule has 0 saturated carbocycles. The number of rotatable bonds is 2. The van der Waals surface area contributed by atoms with Gasteiger partial charge in [0.1, 0.15) is 11.2 Å². The van der Waals surface area contributed by atoms with E-state index < -0.39 is 0 Å². The molecule has 0 atom stereocenters. The Morgan fingerprint density at radius 3 is 2.33 bits per heavy atom. The average Bonchev–Trinajstić information content (AvgIpc) is 2.91. The monoisotopic (exact) mass is 315 g/mol. The topological polar surface area (TPSA) is 42.2 Å². The van der Waals surface area contributed by atoms with Gasteiger partial charge in [-0.05, 0) is 61.4 Å². The average molecular weight is 315 g/mol. The fraction of sp³-hybridized carbons (Fsp3) is 0.0952. The Balaban J connectivity index is 1.72. The standard InChI is InChI=1S/C21H17NO2/c1-13-9-14(2)11-16(10-13)22-21(23)15-7-8-20-18(12-15)17-5-3-4-6-19(17)24-20/h3-12H,1-2H3,(H,22,23). The van der Waals surface area contributed by atoms with Crippen LogP contribution in [-0.2, 0) is 0 Å². The van der Waals surface area contributed by atoms with Gasteiger partial charge in [-0.15, -0.1) is 0 Å². The summed E-state index contributed by atoms with van der Waals surface area (Å²) < 4.78 is 5.81. The second kappa shape index (κ2) is 5.53. The van der Waals surface area contributed by atoms with Crippen molar-refractivity contribution in [2.45, 2.75) is 13.8 Å². The third kappa shape index (κ3) is 2.54. The Bertz CT molecular complexity index is 1060. The van der Waals surface area contributed by atoms with E-state index in [4.69, 9.17) is 4.42 Å².